The van der Waals surface area contributed by atoms with Crippen molar-refractivity contribution in [3.8, 4) is 17.2 Å². The Hall–Kier alpha value is -4.62. The molecule has 0 bridgehead atoms. The number of rotatable bonds is 8. The molecule has 0 radical (unpaired) electrons. The van der Waals surface area contributed by atoms with Crippen molar-refractivity contribution in [2.24, 2.45) is 0 Å². The number of anilines is 1. The minimum absolute atomic E-state index is 0.678. The quantitative estimate of drug-likeness (QED) is 0.273. The average molecular weight is 455 g/mol. The first kappa shape index (κ1) is 22.2. The Bertz CT molecular complexity index is 1430. The summed E-state index contributed by atoms with van der Waals surface area (Å²) < 4.78 is 0. The smallest absolute Gasteiger partial charge is 0.110 e. The molecule has 170 valence electrons. The average Bonchev–Trinajstić information content (AvgIpc) is 3.35. The maximum atomic E-state index is 8.96. The lowest BCUT2D eigenvalue weighted by Crippen LogP contribution is -2.01. The highest BCUT2D eigenvalue weighted by Gasteiger charge is 2.07. The molecule has 4 aromatic carbocycles. The standard InChI is InChI=1S/C31H26N4/c32-20-25-12-10-23(11-13-25)18-29-22-34-31(35-29)19-24-14-16-26(17-15-24)30-9-5-4-6-27(30)21-33-28-7-2-1-3-8-28/h1-17,22,33H,18-19,21H2,(H,34,35). The van der Waals surface area contributed by atoms with E-state index in [0.717, 1.165) is 42.2 Å². The van der Waals surface area contributed by atoms with Gasteiger partial charge in [0.2, 0.25) is 0 Å². The molecule has 0 aliphatic carbocycles. The number of nitrogens with one attached hydrogen (secondary N) is 2. The van der Waals surface area contributed by atoms with Crippen molar-refractivity contribution in [3.05, 3.63) is 143 Å². The summed E-state index contributed by atoms with van der Waals surface area (Å²) in [5, 5.41) is 12.5. The largest absolute Gasteiger partial charge is 0.381 e. The van der Waals surface area contributed by atoms with Crippen LogP contribution in [0.4, 0.5) is 5.69 Å². The van der Waals surface area contributed by atoms with Crippen LogP contribution in [0.15, 0.2) is 109 Å². The zero-order valence-corrected chi connectivity index (χ0v) is 19.4. The number of benzene rings is 4. The van der Waals surface area contributed by atoms with Gasteiger partial charge in [-0.25, -0.2) is 4.98 Å². The van der Waals surface area contributed by atoms with Crippen molar-refractivity contribution in [2.75, 3.05) is 5.32 Å². The van der Waals surface area contributed by atoms with Gasteiger partial charge in [-0.15, -0.1) is 0 Å². The molecule has 0 fully saturated rings. The summed E-state index contributed by atoms with van der Waals surface area (Å²) in [7, 11) is 0. The van der Waals surface area contributed by atoms with Crippen molar-refractivity contribution in [3.63, 3.8) is 0 Å². The summed E-state index contributed by atoms with van der Waals surface area (Å²) in [6, 6.07) is 37.4. The molecule has 0 amide bonds. The number of H-pyrrole nitrogens is 1. The van der Waals surface area contributed by atoms with Crippen molar-refractivity contribution in [1.82, 2.24) is 9.97 Å². The topological polar surface area (TPSA) is 64.5 Å². The van der Waals surface area contributed by atoms with Gasteiger partial charge >= 0.3 is 0 Å². The van der Waals surface area contributed by atoms with Crippen LogP contribution in [-0.2, 0) is 19.4 Å². The van der Waals surface area contributed by atoms with Gasteiger partial charge in [0.05, 0.1) is 11.6 Å². The first-order valence-electron chi connectivity index (χ1n) is 11.7. The Balaban J connectivity index is 1.24. The zero-order chi connectivity index (χ0) is 23.9. The molecule has 35 heavy (non-hydrogen) atoms. The number of hydrogen-bond acceptors (Lipinski definition) is 3. The molecule has 4 nitrogen and oxygen atoms in total. The van der Waals surface area contributed by atoms with E-state index in [1.807, 2.05) is 48.7 Å². The van der Waals surface area contributed by atoms with Crippen LogP contribution in [0.5, 0.6) is 0 Å². The zero-order valence-electron chi connectivity index (χ0n) is 19.4. The fourth-order valence-corrected chi connectivity index (χ4v) is 4.21. The Kier molecular flexibility index (Phi) is 6.68. The number of aromatic nitrogens is 2. The predicted molar refractivity (Wildman–Crippen MR) is 141 cm³/mol. The Morgan fingerprint density at radius 1 is 0.743 bits per heavy atom. The number of para-hydroxylation sites is 1. The van der Waals surface area contributed by atoms with Gasteiger partial charge < -0.3 is 10.3 Å². The van der Waals surface area contributed by atoms with Crippen molar-refractivity contribution < 1.29 is 0 Å². The molecule has 0 spiro atoms. The van der Waals surface area contributed by atoms with Crippen molar-refractivity contribution in [1.29, 1.82) is 5.26 Å². The van der Waals surface area contributed by atoms with Crippen molar-refractivity contribution >= 4 is 5.69 Å². The van der Waals surface area contributed by atoms with Crippen LogP contribution in [0.2, 0.25) is 0 Å². The highest BCUT2D eigenvalue weighted by Crippen LogP contribution is 2.25. The van der Waals surface area contributed by atoms with E-state index in [-0.39, 0.29) is 0 Å². The summed E-state index contributed by atoms with van der Waals surface area (Å²) in [6.45, 7) is 0.774. The number of nitriles is 1. The molecule has 4 heteroatoms. The van der Waals surface area contributed by atoms with Gasteiger partial charge in [-0.3, -0.25) is 0 Å². The Morgan fingerprint density at radius 2 is 1.43 bits per heavy atom. The van der Waals surface area contributed by atoms with E-state index in [4.69, 9.17) is 5.26 Å². The Labute approximate surface area is 205 Å². The van der Waals surface area contributed by atoms with Crippen molar-refractivity contribution in [2.45, 2.75) is 19.4 Å². The first-order valence-corrected chi connectivity index (χ1v) is 11.7. The number of aromatic amines is 1. The summed E-state index contributed by atoms with van der Waals surface area (Å²) in [5.74, 6) is 0.953. The summed E-state index contributed by atoms with van der Waals surface area (Å²) in [6.07, 6.45) is 3.42. The van der Waals surface area contributed by atoms with E-state index in [9.17, 15) is 0 Å². The van der Waals surface area contributed by atoms with Crippen LogP contribution in [0.25, 0.3) is 11.1 Å². The predicted octanol–water partition coefficient (Wildman–Crippen LogP) is 6.74. The monoisotopic (exact) mass is 454 g/mol. The van der Waals surface area contributed by atoms with E-state index < -0.39 is 0 Å². The molecule has 0 atom stereocenters. The number of hydrogen-bond donors (Lipinski definition) is 2. The maximum absolute atomic E-state index is 8.96. The summed E-state index contributed by atoms with van der Waals surface area (Å²) in [4.78, 5) is 8.02. The van der Waals surface area contributed by atoms with E-state index in [0.29, 0.717) is 5.56 Å². The molecule has 5 aromatic rings. The molecule has 0 saturated heterocycles. The molecule has 5 rings (SSSR count). The second-order valence-electron chi connectivity index (χ2n) is 8.59. The summed E-state index contributed by atoms with van der Waals surface area (Å²) >= 11 is 0. The molecule has 1 aromatic heterocycles. The summed E-state index contributed by atoms with van der Waals surface area (Å²) in [5.41, 5.74) is 8.96. The fourth-order valence-electron chi connectivity index (χ4n) is 4.21. The minimum atomic E-state index is 0.678. The first-order chi connectivity index (χ1) is 17.3. The minimum Gasteiger partial charge on any atom is -0.381 e. The SMILES string of the molecule is N#Cc1ccc(Cc2cnc(Cc3ccc(-c4ccccc4CNc4ccccc4)cc3)[nH]2)cc1. The van der Waals surface area contributed by atoms with Gasteiger partial charge in [0, 0.05) is 37.0 Å². The van der Waals surface area contributed by atoms with E-state index in [1.165, 1.54) is 22.3 Å². The second-order valence-corrected chi connectivity index (χ2v) is 8.59. The molecular formula is C31H26N4. The van der Waals surface area contributed by atoms with E-state index in [1.54, 1.807) is 0 Å². The van der Waals surface area contributed by atoms with Gasteiger partial charge in [0.1, 0.15) is 5.82 Å². The van der Waals surface area contributed by atoms with Gasteiger partial charge in [-0.1, -0.05) is 78.9 Å². The molecular weight excluding hydrogens is 428 g/mol. The van der Waals surface area contributed by atoms with Crippen LogP contribution >= 0.6 is 0 Å². The number of imidazole rings is 1. The number of nitrogens with zero attached hydrogens (tertiary/aromatic N) is 2. The molecule has 0 unspecified atom stereocenters. The van der Waals surface area contributed by atoms with Crippen LogP contribution in [0.3, 0.4) is 0 Å². The van der Waals surface area contributed by atoms with Gasteiger partial charge in [-0.2, -0.15) is 5.26 Å². The highest BCUT2D eigenvalue weighted by atomic mass is 14.9. The van der Waals surface area contributed by atoms with Crippen LogP contribution in [-0.4, -0.2) is 9.97 Å². The van der Waals surface area contributed by atoms with Gasteiger partial charge in [0.25, 0.3) is 0 Å². The molecule has 0 aliphatic heterocycles. The lowest BCUT2D eigenvalue weighted by molar-refractivity contribution is 1.000. The third-order valence-corrected chi connectivity index (χ3v) is 6.07. The normalized spacial score (nSPS) is 10.6. The molecule has 1 heterocycles. The van der Waals surface area contributed by atoms with Crippen LogP contribution < -0.4 is 5.32 Å². The van der Waals surface area contributed by atoms with E-state index in [2.05, 4.69) is 82.0 Å². The molecule has 0 saturated carbocycles. The van der Waals surface area contributed by atoms with E-state index >= 15 is 0 Å². The third kappa shape index (κ3) is 5.66. The lowest BCUT2D eigenvalue weighted by atomic mass is 9.98. The Morgan fingerprint density at radius 3 is 2.20 bits per heavy atom. The maximum Gasteiger partial charge on any atom is 0.110 e. The third-order valence-electron chi connectivity index (χ3n) is 6.07. The molecule has 0 aliphatic rings. The van der Waals surface area contributed by atoms with Gasteiger partial charge in [-0.05, 0) is 52.1 Å². The lowest BCUT2D eigenvalue weighted by Gasteiger charge is -2.12. The fraction of sp³-hybridized carbons (Fsp3) is 0.0968. The van der Waals surface area contributed by atoms with Crippen LogP contribution in [0.1, 0.15) is 33.8 Å². The molecule has 2 N–H and O–H groups in total. The highest BCUT2D eigenvalue weighted by molar-refractivity contribution is 5.68. The van der Waals surface area contributed by atoms with Crippen LogP contribution in [0, 0.1) is 11.3 Å². The van der Waals surface area contributed by atoms with Gasteiger partial charge in [0.15, 0.2) is 0 Å². The second kappa shape index (κ2) is 10.5.